The molecule has 2 heterocycles. The number of para-hydroxylation sites is 1. The fraction of sp³-hybridized carbons (Fsp3) is 0.450. The number of aryl methyl sites for hydroxylation is 1. The number of benzene rings is 1. The zero-order chi connectivity index (χ0) is 19.6. The molecule has 9 heteroatoms. The number of halogens is 1. The maximum Gasteiger partial charge on any atom is 0.191 e. The zero-order valence-electron chi connectivity index (χ0n) is 17.0. The summed E-state index contributed by atoms with van der Waals surface area (Å²) in [6.07, 6.45) is 5.64. The average molecular weight is 511 g/mol. The average Bonchev–Trinajstić information content (AvgIpc) is 3.34. The van der Waals surface area contributed by atoms with Gasteiger partial charge in [-0.3, -0.25) is 4.99 Å². The Morgan fingerprint density at radius 2 is 2.07 bits per heavy atom. The van der Waals surface area contributed by atoms with Gasteiger partial charge < -0.3 is 24.9 Å². The number of aromatic nitrogens is 4. The van der Waals surface area contributed by atoms with E-state index in [1.54, 1.807) is 13.4 Å². The first kappa shape index (κ1) is 23.1. The van der Waals surface area contributed by atoms with Crippen LogP contribution in [-0.2, 0) is 24.1 Å². The van der Waals surface area contributed by atoms with Crippen LogP contribution in [0, 0.1) is 0 Å². The summed E-state index contributed by atoms with van der Waals surface area (Å²) in [5.41, 5.74) is 2.47. The second-order valence-corrected chi connectivity index (χ2v) is 6.48. The minimum absolute atomic E-state index is 0. The van der Waals surface area contributed by atoms with Gasteiger partial charge in [0, 0.05) is 50.3 Å². The highest BCUT2D eigenvalue weighted by Crippen LogP contribution is 2.17. The number of rotatable bonds is 10. The molecule has 0 aliphatic carbocycles. The van der Waals surface area contributed by atoms with Crippen molar-refractivity contribution >= 4 is 40.8 Å². The molecule has 1 aromatic carbocycles. The third-order valence-electron chi connectivity index (χ3n) is 4.58. The van der Waals surface area contributed by atoms with Crippen molar-refractivity contribution in [2.75, 3.05) is 33.4 Å². The van der Waals surface area contributed by atoms with Gasteiger partial charge in [-0.2, -0.15) is 0 Å². The van der Waals surface area contributed by atoms with Gasteiger partial charge in [0.2, 0.25) is 0 Å². The number of ether oxygens (including phenoxy) is 1. The largest absolute Gasteiger partial charge is 0.383 e. The number of hydrogen-bond acceptors (Lipinski definition) is 4. The number of fused-ring (bicyclic) bond motifs is 1. The molecule has 0 aliphatic rings. The maximum atomic E-state index is 5.11. The van der Waals surface area contributed by atoms with Crippen molar-refractivity contribution in [3.63, 3.8) is 0 Å². The minimum Gasteiger partial charge on any atom is -0.383 e. The van der Waals surface area contributed by atoms with Crippen molar-refractivity contribution in [3.8, 4) is 0 Å². The van der Waals surface area contributed by atoms with Crippen LogP contribution in [0.1, 0.15) is 18.3 Å². The molecule has 0 unspecified atom stereocenters. The highest BCUT2D eigenvalue weighted by atomic mass is 127. The number of hydrogen-bond donors (Lipinski definition) is 3. The van der Waals surface area contributed by atoms with Crippen LogP contribution in [0.25, 0.3) is 10.9 Å². The number of guanidine groups is 1. The molecule has 158 valence electrons. The molecule has 3 aromatic rings. The molecule has 8 nitrogen and oxygen atoms in total. The highest BCUT2D eigenvalue weighted by Gasteiger charge is 2.05. The molecule has 2 aromatic heterocycles. The quantitative estimate of drug-likeness (QED) is 0.168. The Morgan fingerprint density at radius 3 is 2.90 bits per heavy atom. The minimum atomic E-state index is 0. The number of methoxy groups -OCH3 is 1. The van der Waals surface area contributed by atoms with E-state index >= 15 is 0 Å². The summed E-state index contributed by atoms with van der Waals surface area (Å²) in [5.74, 6) is 1.79. The van der Waals surface area contributed by atoms with E-state index in [9.17, 15) is 0 Å². The summed E-state index contributed by atoms with van der Waals surface area (Å²) >= 11 is 0. The number of nitrogens with one attached hydrogen (secondary N) is 3. The van der Waals surface area contributed by atoms with Crippen LogP contribution in [-0.4, -0.2) is 59.1 Å². The van der Waals surface area contributed by atoms with E-state index in [-0.39, 0.29) is 24.0 Å². The molecule has 0 saturated heterocycles. The Bertz CT molecular complexity index is 890. The van der Waals surface area contributed by atoms with Crippen molar-refractivity contribution in [3.05, 3.63) is 48.2 Å². The van der Waals surface area contributed by atoms with Gasteiger partial charge in [0.25, 0.3) is 0 Å². The lowest BCUT2D eigenvalue weighted by Gasteiger charge is -2.13. The first-order chi connectivity index (χ1) is 13.8. The molecule has 3 rings (SSSR count). The standard InChI is InChI=1S/C20H29N7O.HI/c1-3-19-26-25-15-27(19)12-10-22-20(23-11-13-28-2)21-9-8-16-14-24-18-7-5-4-6-17(16)18;/h4-7,14-15,24H,3,8-13H2,1-2H3,(H2,21,22,23);1H. The fourth-order valence-electron chi connectivity index (χ4n) is 3.11. The number of aromatic amines is 1. The zero-order valence-corrected chi connectivity index (χ0v) is 19.3. The third-order valence-corrected chi connectivity index (χ3v) is 4.58. The summed E-state index contributed by atoms with van der Waals surface area (Å²) in [4.78, 5) is 7.90. The third kappa shape index (κ3) is 6.70. The van der Waals surface area contributed by atoms with Crippen molar-refractivity contribution in [1.29, 1.82) is 0 Å². The molecule has 0 bridgehead atoms. The normalized spacial score (nSPS) is 11.4. The number of aliphatic imine (C=N–C) groups is 1. The lowest BCUT2D eigenvalue weighted by atomic mass is 10.1. The molecule has 0 fully saturated rings. The van der Waals surface area contributed by atoms with E-state index in [2.05, 4.69) is 66.7 Å². The van der Waals surface area contributed by atoms with E-state index in [0.29, 0.717) is 13.2 Å². The smallest absolute Gasteiger partial charge is 0.191 e. The summed E-state index contributed by atoms with van der Waals surface area (Å²) in [5, 5.41) is 16.2. The van der Waals surface area contributed by atoms with Gasteiger partial charge in [-0.25, -0.2) is 0 Å². The first-order valence-electron chi connectivity index (χ1n) is 9.74. The van der Waals surface area contributed by atoms with Crippen molar-refractivity contribution < 1.29 is 4.74 Å². The molecule has 0 saturated carbocycles. The summed E-state index contributed by atoms with van der Waals surface area (Å²) < 4.78 is 7.17. The predicted octanol–water partition coefficient (Wildman–Crippen LogP) is 2.36. The van der Waals surface area contributed by atoms with Crippen molar-refractivity contribution in [1.82, 2.24) is 30.4 Å². The van der Waals surface area contributed by atoms with Gasteiger partial charge in [-0.1, -0.05) is 25.1 Å². The Morgan fingerprint density at radius 1 is 1.24 bits per heavy atom. The Balaban J connectivity index is 0.00000300. The predicted molar refractivity (Wildman–Crippen MR) is 127 cm³/mol. The van der Waals surface area contributed by atoms with Gasteiger partial charge in [0.1, 0.15) is 12.2 Å². The highest BCUT2D eigenvalue weighted by molar-refractivity contribution is 14.0. The number of nitrogens with zero attached hydrogens (tertiary/aromatic N) is 4. The summed E-state index contributed by atoms with van der Waals surface area (Å²) in [6, 6.07) is 8.37. The van der Waals surface area contributed by atoms with Crippen LogP contribution >= 0.6 is 24.0 Å². The molecular weight excluding hydrogens is 481 g/mol. The molecule has 0 aliphatic heterocycles. The van der Waals surface area contributed by atoms with E-state index in [4.69, 9.17) is 4.74 Å². The molecule has 29 heavy (non-hydrogen) atoms. The van der Waals surface area contributed by atoms with Crippen LogP contribution < -0.4 is 10.6 Å². The second-order valence-electron chi connectivity index (χ2n) is 6.48. The van der Waals surface area contributed by atoms with E-state index in [0.717, 1.165) is 44.3 Å². The SMILES string of the molecule is CCc1nncn1CCNC(=NCCOC)NCCc1c[nH]c2ccccc12.I. The van der Waals surface area contributed by atoms with Crippen LogP contribution in [0.4, 0.5) is 0 Å². The van der Waals surface area contributed by atoms with Crippen molar-refractivity contribution in [2.45, 2.75) is 26.3 Å². The molecule has 0 radical (unpaired) electrons. The Kier molecular flexibility index (Phi) is 9.92. The monoisotopic (exact) mass is 511 g/mol. The van der Waals surface area contributed by atoms with E-state index in [1.807, 2.05) is 6.07 Å². The molecule has 0 atom stereocenters. The fourth-order valence-corrected chi connectivity index (χ4v) is 3.11. The van der Waals surface area contributed by atoms with Gasteiger partial charge in [-0.05, 0) is 18.1 Å². The number of H-pyrrole nitrogens is 1. The van der Waals surface area contributed by atoms with Crippen LogP contribution in [0.2, 0.25) is 0 Å². The van der Waals surface area contributed by atoms with Gasteiger partial charge in [0.15, 0.2) is 5.96 Å². The summed E-state index contributed by atoms with van der Waals surface area (Å²) in [7, 11) is 1.69. The van der Waals surface area contributed by atoms with E-state index in [1.165, 1.54) is 16.5 Å². The maximum absolute atomic E-state index is 5.11. The summed E-state index contributed by atoms with van der Waals surface area (Å²) in [6.45, 7) is 5.64. The van der Waals surface area contributed by atoms with Crippen molar-refractivity contribution in [2.24, 2.45) is 4.99 Å². The van der Waals surface area contributed by atoms with E-state index < -0.39 is 0 Å². The Labute approximate surface area is 188 Å². The Hall–Kier alpha value is -2.14. The van der Waals surface area contributed by atoms with Crippen LogP contribution in [0.3, 0.4) is 0 Å². The lowest BCUT2D eigenvalue weighted by Crippen LogP contribution is -2.40. The topological polar surface area (TPSA) is 92.2 Å². The second kappa shape index (κ2) is 12.4. The first-order valence-corrected chi connectivity index (χ1v) is 9.74. The van der Waals surface area contributed by atoms with Gasteiger partial charge in [0.05, 0.1) is 13.2 Å². The van der Waals surface area contributed by atoms with Crippen LogP contribution in [0.15, 0.2) is 41.8 Å². The molecule has 3 N–H and O–H groups in total. The molecule has 0 amide bonds. The molecular formula is C20H30IN7O. The molecule has 0 spiro atoms. The van der Waals surface area contributed by atoms with Gasteiger partial charge in [-0.15, -0.1) is 34.2 Å². The van der Waals surface area contributed by atoms with Gasteiger partial charge >= 0.3 is 0 Å². The van der Waals surface area contributed by atoms with Crippen LogP contribution in [0.5, 0.6) is 0 Å². The lowest BCUT2D eigenvalue weighted by molar-refractivity contribution is 0.208.